The molecule has 0 bridgehead atoms. The van der Waals surface area contributed by atoms with Crippen LogP contribution in [-0.2, 0) is 14.8 Å². The first-order valence-corrected chi connectivity index (χ1v) is 9.70. The molecule has 1 amide bonds. The molecule has 2 aliphatic rings. The van der Waals surface area contributed by atoms with Crippen LogP contribution < -0.4 is 0 Å². The van der Waals surface area contributed by atoms with Gasteiger partial charge in [0.15, 0.2) is 0 Å². The lowest BCUT2D eigenvalue weighted by Crippen LogP contribution is -2.42. The van der Waals surface area contributed by atoms with Gasteiger partial charge in [0.05, 0.1) is 11.7 Å². The lowest BCUT2D eigenvalue weighted by Gasteiger charge is -2.29. The fraction of sp³-hybridized carbons (Fsp3) is 0.600. The minimum atomic E-state index is -3.46. The molecule has 2 N–H and O–H groups in total. The zero-order valence-electron chi connectivity index (χ0n) is 13.4. The quantitative estimate of drug-likeness (QED) is 0.805. The van der Waals surface area contributed by atoms with E-state index in [-0.39, 0.29) is 25.5 Å². The van der Waals surface area contributed by atoms with E-state index in [4.69, 9.17) is 0 Å². The highest BCUT2D eigenvalue weighted by Gasteiger charge is 2.55. The number of H-pyrrole nitrogens is 1. The molecule has 8 nitrogen and oxygen atoms in total. The molecule has 0 aliphatic carbocycles. The van der Waals surface area contributed by atoms with Crippen LogP contribution in [0.1, 0.15) is 23.3 Å². The van der Waals surface area contributed by atoms with E-state index in [1.807, 2.05) is 0 Å². The Hall–Kier alpha value is -1.87. The maximum atomic E-state index is 12.6. The van der Waals surface area contributed by atoms with Crippen molar-refractivity contribution < 1.29 is 23.1 Å². The number of carbonyl (C=O) groups excluding carboxylic acids is 1. The first kappa shape index (κ1) is 17.0. The summed E-state index contributed by atoms with van der Waals surface area (Å²) in [4.78, 5) is 29.0. The van der Waals surface area contributed by atoms with Crippen LogP contribution in [0.25, 0.3) is 0 Å². The molecule has 2 aliphatic heterocycles. The van der Waals surface area contributed by atoms with Crippen LogP contribution in [0.3, 0.4) is 0 Å². The Kier molecular flexibility index (Phi) is 4.16. The van der Waals surface area contributed by atoms with Crippen molar-refractivity contribution in [1.29, 1.82) is 0 Å². The van der Waals surface area contributed by atoms with E-state index in [9.17, 15) is 23.1 Å². The molecule has 3 heterocycles. The van der Waals surface area contributed by atoms with Gasteiger partial charge in [-0.3, -0.25) is 9.59 Å². The minimum absolute atomic E-state index is 0.0175. The minimum Gasteiger partial charge on any atom is -0.481 e. The van der Waals surface area contributed by atoms with Gasteiger partial charge < -0.3 is 15.0 Å². The molecule has 0 saturated carbocycles. The largest absolute Gasteiger partial charge is 0.481 e. The summed E-state index contributed by atoms with van der Waals surface area (Å²) in [5.74, 6) is -1.57. The Balaban J connectivity index is 1.88. The second kappa shape index (κ2) is 5.89. The molecule has 1 aromatic heterocycles. The number of aliphatic carboxylic acids is 1. The number of fused-ring (bicyclic) bond motifs is 1. The molecule has 9 heteroatoms. The third-order valence-corrected chi connectivity index (χ3v) is 6.38. The Bertz CT molecular complexity index is 745. The molecule has 24 heavy (non-hydrogen) atoms. The first-order valence-electron chi connectivity index (χ1n) is 7.85. The van der Waals surface area contributed by atoms with Crippen LogP contribution in [0.15, 0.2) is 18.3 Å². The molecule has 0 unspecified atom stereocenters. The van der Waals surface area contributed by atoms with Gasteiger partial charge in [-0.25, -0.2) is 12.7 Å². The normalized spacial score (nSPS) is 28.4. The summed E-state index contributed by atoms with van der Waals surface area (Å²) in [7, 11) is -3.46. The molecule has 2 atom stereocenters. The Morgan fingerprint density at radius 2 is 2.12 bits per heavy atom. The van der Waals surface area contributed by atoms with Crippen LogP contribution in [-0.4, -0.2) is 72.0 Å². The maximum Gasteiger partial charge on any atom is 0.311 e. The summed E-state index contributed by atoms with van der Waals surface area (Å²) in [6, 6.07) is 3.41. The van der Waals surface area contributed by atoms with Crippen molar-refractivity contribution in [3.8, 4) is 0 Å². The summed E-state index contributed by atoms with van der Waals surface area (Å²) in [5, 5.41) is 9.79. The summed E-state index contributed by atoms with van der Waals surface area (Å²) in [5.41, 5.74) is -0.663. The van der Waals surface area contributed by atoms with Gasteiger partial charge in [-0.15, -0.1) is 0 Å². The van der Waals surface area contributed by atoms with E-state index in [0.29, 0.717) is 25.1 Å². The zero-order valence-corrected chi connectivity index (χ0v) is 14.3. The van der Waals surface area contributed by atoms with E-state index in [1.54, 1.807) is 23.2 Å². The molecule has 132 valence electrons. The lowest BCUT2D eigenvalue weighted by molar-refractivity contribution is -0.150. The third kappa shape index (κ3) is 2.82. The highest BCUT2D eigenvalue weighted by molar-refractivity contribution is 7.88. The number of carboxylic acid groups (broad SMARTS) is 1. The monoisotopic (exact) mass is 355 g/mol. The average molecular weight is 355 g/mol. The second-order valence-corrected chi connectivity index (χ2v) is 8.63. The molecular formula is C15H21N3O5S. The number of aromatic nitrogens is 1. The number of aromatic amines is 1. The Morgan fingerprint density at radius 3 is 2.71 bits per heavy atom. The third-order valence-electron chi connectivity index (χ3n) is 5.17. The number of carboxylic acids is 1. The zero-order chi connectivity index (χ0) is 17.5. The number of sulfonamides is 1. The average Bonchev–Trinajstić information content (AvgIpc) is 3.11. The van der Waals surface area contributed by atoms with Crippen LogP contribution >= 0.6 is 0 Å². The van der Waals surface area contributed by atoms with Crippen LogP contribution in [0.4, 0.5) is 0 Å². The van der Waals surface area contributed by atoms with E-state index in [0.717, 1.165) is 6.26 Å². The SMILES string of the molecule is CS(=O)(=O)N1C[C@H]2CN(C(=O)c3ccc[nH]3)CCC[C@@]2(C(=O)O)C1. The maximum absolute atomic E-state index is 12.6. The van der Waals surface area contributed by atoms with Crippen LogP contribution in [0.5, 0.6) is 0 Å². The highest BCUT2D eigenvalue weighted by atomic mass is 32.2. The van der Waals surface area contributed by atoms with Crippen molar-refractivity contribution >= 4 is 21.9 Å². The summed E-state index contributed by atoms with van der Waals surface area (Å²) >= 11 is 0. The molecule has 0 spiro atoms. The predicted molar refractivity (Wildman–Crippen MR) is 85.9 cm³/mol. The van der Waals surface area contributed by atoms with Crippen LogP contribution in [0.2, 0.25) is 0 Å². The number of nitrogens with one attached hydrogen (secondary N) is 1. The van der Waals surface area contributed by atoms with Crippen molar-refractivity contribution in [2.75, 3.05) is 32.4 Å². The first-order chi connectivity index (χ1) is 11.2. The van der Waals surface area contributed by atoms with Crippen molar-refractivity contribution in [3.05, 3.63) is 24.0 Å². The standard InChI is InChI=1S/C15H21N3O5S/c1-24(22,23)18-9-11-8-17(13(19)12-4-2-6-16-12)7-3-5-15(11,10-18)14(20)21/h2,4,6,11,16H,3,5,7-10H2,1H3,(H,20,21)/t11-,15-/m1/s1. The van der Waals surface area contributed by atoms with Gasteiger partial charge in [-0.2, -0.15) is 0 Å². The highest BCUT2D eigenvalue weighted by Crippen LogP contribution is 2.43. The number of nitrogens with zero attached hydrogens (tertiary/aromatic N) is 2. The molecule has 3 rings (SSSR count). The van der Waals surface area contributed by atoms with E-state index < -0.39 is 27.3 Å². The van der Waals surface area contributed by atoms with Gasteiger partial charge in [0.1, 0.15) is 5.69 Å². The number of likely N-dealkylation sites (tertiary alicyclic amines) is 1. The molecule has 2 saturated heterocycles. The van der Waals surface area contributed by atoms with Crippen molar-refractivity contribution in [2.45, 2.75) is 12.8 Å². The number of carbonyl (C=O) groups is 2. The number of hydrogen-bond donors (Lipinski definition) is 2. The van der Waals surface area contributed by atoms with Crippen LogP contribution in [0, 0.1) is 11.3 Å². The summed E-state index contributed by atoms with van der Waals surface area (Å²) in [6.45, 7) is 0.842. The molecule has 2 fully saturated rings. The van der Waals surface area contributed by atoms with Gasteiger partial charge in [0, 0.05) is 38.3 Å². The molecule has 0 aromatic carbocycles. The Labute approximate surface area is 140 Å². The lowest BCUT2D eigenvalue weighted by atomic mass is 9.75. The van der Waals surface area contributed by atoms with Crippen molar-refractivity contribution in [2.24, 2.45) is 11.3 Å². The number of hydrogen-bond acceptors (Lipinski definition) is 4. The number of amides is 1. The second-order valence-electron chi connectivity index (χ2n) is 6.65. The topological polar surface area (TPSA) is 111 Å². The Morgan fingerprint density at radius 1 is 1.38 bits per heavy atom. The van der Waals surface area contributed by atoms with Gasteiger partial charge in [-0.1, -0.05) is 0 Å². The van der Waals surface area contributed by atoms with E-state index in [1.165, 1.54) is 4.31 Å². The summed E-state index contributed by atoms with van der Waals surface area (Å²) in [6.07, 6.45) is 3.66. The fourth-order valence-corrected chi connectivity index (χ4v) is 4.72. The van der Waals surface area contributed by atoms with Crippen molar-refractivity contribution in [3.63, 3.8) is 0 Å². The van der Waals surface area contributed by atoms with E-state index >= 15 is 0 Å². The van der Waals surface area contributed by atoms with Gasteiger partial charge in [-0.05, 0) is 25.0 Å². The molecular weight excluding hydrogens is 334 g/mol. The fourth-order valence-electron chi connectivity index (χ4n) is 3.81. The van der Waals surface area contributed by atoms with E-state index in [2.05, 4.69) is 4.98 Å². The molecule has 1 aromatic rings. The number of rotatable bonds is 3. The van der Waals surface area contributed by atoms with Gasteiger partial charge in [0.25, 0.3) is 5.91 Å². The van der Waals surface area contributed by atoms with Gasteiger partial charge >= 0.3 is 5.97 Å². The van der Waals surface area contributed by atoms with Gasteiger partial charge in [0.2, 0.25) is 10.0 Å². The van der Waals surface area contributed by atoms with Crippen molar-refractivity contribution in [1.82, 2.24) is 14.2 Å². The smallest absolute Gasteiger partial charge is 0.311 e. The molecule has 0 radical (unpaired) electrons. The predicted octanol–water partition coefficient (Wildman–Crippen LogP) is 0.213. The summed E-state index contributed by atoms with van der Waals surface area (Å²) < 4.78 is 25.0.